The molecule has 48 heavy (non-hydrogen) atoms. The lowest BCUT2D eigenvalue weighted by Crippen LogP contribution is -2.36. The molecular formula is C38H39F3N4O2S. The second-order valence-electron chi connectivity index (χ2n) is 12.4. The number of carbonyl (C=O) groups excluding carboxylic acids is 1. The number of anilines is 1. The van der Waals surface area contributed by atoms with E-state index in [1.165, 1.54) is 24.1 Å². The number of halogens is 3. The summed E-state index contributed by atoms with van der Waals surface area (Å²) in [5.74, 6) is 0.193. The fraction of sp³-hybridized carbons (Fsp3) is 0.289. The molecule has 10 heteroatoms. The topological polar surface area (TPSA) is 84.4 Å². The number of nitrogens with two attached hydrogens (primary N) is 1. The minimum Gasteiger partial charge on any atom is -0.459 e. The number of nitrogen functional groups attached to an aromatic ring is 1. The number of nitrogens with one attached hydrogen (secondary N) is 1. The van der Waals surface area contributed by atoms with E-state index < -0.39 is 5.92 Å². The molecule has 1 saturated heterocycles. The summed E-state index contributed by atoms with van der Waals surface area (Å²) in [5.41, 5.74) is 12.3. The zero-order valence-corrected chi connectivity index (χ0v) is 27.8. The first kappa shape index (κ1) is 34.8. The maximum absolute atomic E-state index is 13.4. The van der Waals surface area contributed by atoms with E-state index in [4.69, 9.17) is 22.4 Å². The first-order valence-electron chi connectivity index (χ1n) is 15.9. The lowest BCUT2D eigenvalue weighted by atomic mass is 9.96. The molecule has 2 fully saturated rings. The first-order valence-corrected chi connectivity index (χ1v) is 16.3. The summed E-state index contributed by atoms with van der Waals surface area (Å²) in [6.45, 7) is 3.64. The molecule has 2 atom stereocenters. The number of pyridine rings is 1. The lowest BCUT2D eigenvalue weighted by molar-refractivity contribution is -0.109. The maximum Gasteiger partial charge on any atom is 0.250 e. The fourth-order valence-corrected chi connectivity index (χ4v) is 5.73. The van der Waals surface area contributed by atoms with E-state index in [2.05, 4.69) is 23.3 Å². The molecule has 2 aromatic heterocycles. The van der Waals surface area contributed by atoms with Crippen LogP contribution in [0, 0.1) is 11.7 Å². The van der Waals surface area contributed by atoms with E-state index in [0.717, 1.165) is 45.0 Å². The smallest absolute Gasteiger partial charge is 0.250 e. The highest BCUT2D eigenvalue weighted by molar-refractivity contribution is 7.79. The molecule has 7 rings (SSSR count). The Labute approximate surface area is 284 Å². The molecule has 1 aliphatic heterocycles. The molecule has 2 aliphatic rings. The van der Waals surface area contributed by atoms with Crippen LogP contribution in [0.15, 0.2) is 89.5 Å². The molecule has 6 nitrogen and oxygen atoms in total. The Morgan fingerprint density at radius 3 is 2.23 bits per heavy atom. The van der Waals surface area contributed by atoms with Crippen molar-refractivity contribution in [3.8, 4) is 22.3 Å². The van der Waals surface area contributed by atoms with Gasteiger partial charge in [-0.05, 0) is 89.5 Å². The number of hydrogen-bond acceptors (Lipinski definition) is 6. The summed E-state index contributed by atoms with van der Waals surface area (Å²) in [7, 11) is 1.87. The van der Waals surface area contributed by atoms with Gasteiger partial charge in [-0.25, -0.2) is 18.2 Å². The van der Waals surface area contributed by atoms with Crippen LogP contribution < -0.4 is 11.1 Å². The zero-order valence-electron chi connectivity index (χ0n) is 27.0. The molecule has 1 amide bonds. The molecule has 1 aliphatic carbocycles. The summed E-state index contributed by atoms with van der Waals surface area (Å²) in [5, 5.41) is 5.17. The summed E-state index contributed by atoms with van der Waals surface area (Å²) in [6, 6.07) is 24.2. The van der Waals surface area contributed by atoms with Gasteiger partial charge in [0.2, 0.25) is 6.41 Å². The van der Waals surface area contributed by atoms with Crippen molar-refractivity contribution in [1.82, 2.24) is 15.2 Å². The molecule has 1 saturated carbocycles. The largest absolute Gasteiger partial charge is 0.459 e. The van der Waals surface area contributed by atoms with Crippen LogP contribution in [-0.4, -0.2) is 47.7 Å². The number of hydrogen-bond donors (Lipinski definition) is 2. The van der Waals surface area contributed by atoms with Crippen LogP contribution in [0.25, 0.3) is 33.2 Å². The van der Waals surface area contributed by atoms with Crippen molar-refractivity contribution in [2.45, 2.75) is 44.6 Å². The minimum absolute atomic E-state index is 0.0312. The number of amides is 1. The van der Waals surface area contributed by atoms with Crippen LogP contribution in [0.2, 0.25) is 0 Å². The Morgan fingerprint density at radius 2 is 1.67 bits per heavy atom. The van der Waals surface area contributed by atoms with Gasteiger partial charge in [0.15, 0.2) is 0 Å². The number of thiocarbonyl (C=S) groups is 1. The Hall–Kier alpha value is -4.54. The Bertz CT molecular complexity index is 1820. The molecule has 3 N–H and O–H groups in total. The highest BCUT2D eigenvalue weighted by Crippen LogP contribution is 2.46. The molecule has 3 aromatic carbocycles. The van der Waals surface area contributed by atoms with Gasteiger partial charge in [-0.1, -0.05) is 61.6 Å². The number of piperidine rings is 1. The van der Waals surface area contributed by atoms with E-state index >= 15 is 0 Å². The standard InChI is InChI=1S/C23H16FNO2S.C9H12N2.C6H11F2N/c24-20-7-5-17(6-8-20)22-11-18(16-3-1-15(13-28)2-4-16)9-19-10-21(12-25-14-26)27-23(19)22;1-6-4-8(6)7-2-3-9(10)11-5-7;1-9-4-2-6(7,8)3-5-9/h1-11,13-14H,12H2,(H,25,26);2-3,5-6,8H,4H2,1H3,(H2,10,11);2-5H2,1H3. The minimum atomic E-state index is -2.38. The van der Waals surface area contributed by atoms with Crippen molar-refractivity contribution in [3.05, 3.63) is 108 Å². The van der Waals surface area contributed by atoms with E-state index in [1.807, 2.05) is 66.7 Å². The third-order valence-corrected chi connectivity index (χ3v) is 8.90. The number of alkyl halides is 2. The van der Waals surface area contributed by atoms with E-state index in [9.17, 15) is 18.0 Å². The molecule has 2 unspecified atom stereocenters. The van der Waals surface area contributed by atoms with E-state index in [-0.39, 0.29) is 18.7 Å². The van der Waals surface area contributed by atoms with E-state index in [0.29, 0.717) is 43.2 Å². The van der Waals surface area contributed by atoms with Gasteiger partial charge in [-0.3, -0.25) is 4.79 Å². The van der Waals surface area contributed by atoms with Crippen molar-refractivity contribution in [1.29, 1.82) is 0 Å². The number of rotatable bonds is 7. The van der Waals surface area contributed by atoms with Crippen LogP contribution in [0.3, 0.4) is 0 Å². The summed E-state index contributed by atoms with van der Waals surface area (Å²) >= 11 is 4.98. The van der Waals surface area contributed by atoms with Gasteiger partial charge >= 0.3 is 0 Å². The normalized spacial score (nSPS) is 18.1. The lowest BCUT2D eigenvalue weighted by Gasteiger charge is -2.28. The molecule has 0 bridgehead atoms. The van der Waals surface area contributed by atoms with Crippen LogP contribution in [0.4, 0.5) is 19.0 Å². The number of likely N-dealkylation sites (tertiary alicyclic amines) is 1. The average Bonchev–Trinajstić information content (AvgIpc) is 3.67. The first-order chi connectivity index (χ1) is 23.0. The van der Waals surface area contributed by atoms with Crippen LogP contribution >= 0.6 is 12.2 Å². The van der Waals surface area contributed by atoms with Gasteiger partial charge in [0.25, 0.3) is 5.92 Å². The quantitative estimate of drug-likeness (QED) is 0.133. The van der Waals surface area contributed by atoms with Crippen molar-refractivity contribution in [3.63, 3.8) is 0 Å². The van der Waals surface area contributed by atoms with Gasteiger partial charge in [-0.2, -0.15) is 0 Å². The van der Waals surface area contributed by atoms with Gasteiger partial charge < -0.3 is 20.4 Å². The number of fused-ring (bicyclic) bond motifs is 1. The highest BCUT2D eigenvalue weighted by atomic mass is 32.1. The number of nitrogens with zero attached hydrogens (tertiary/aromatic N) is 2. The number of benzene rings is 3. The summed E-state index contributed by atoms with van der Waals surface area (Å²) < 4.78 is 44.1. The molecule has 3 heterocycles. The SMILES string of the molecule is CC1CC1c1ccc(N)nc1.CN1CCC(F)(F)CC1.O=CNCc1cc2cc(-c3ccc(C=S)cc3)cc(-c3ccc(F)cc3)c2o1. The van der Waals surface area contributed by atoms with Gasteiger partial charge in [0, 0.05) is 48.4 Å². The second-order valence-corrected chi connectivity index (χ2v) is 12.6. The van der Waals surface area contributed by atoms with Crippen LogP contribution in [0.5, 0.6) is 0 Å². The zero-order chi connectivity index (χ0) is 34.3. The number of aromatic nitrogens is 1. The third kappa shape index (κ3) is 9.29. The van der Waals surface area contributed by atoms with Crippen LogP contribution in [0.1, 0.15) is 49.0 Å². The Kier molecular flexibility index (Phi) is 11.3. The molecule has 250 valence electrons. The van der Waals surface area contributed by atoms with Crippen LogP contribution in [-0.2, 0) is 11.3 Å². The van der Waals surface area contributed by atoms with Crippen molar-refractivity contribution in [2.24, 2.45) is 5.92 Å². The average molecular weight is 673 g/mol. The van der Waals surface area contributed by atoms with Crippen molar-refractivity contribution >= 4 is 40.8 Å². The highest BCUT2D eigenvalue weighted by Gasteiger charge is 2.34. The number of carbonyl (C=O) groups is 1. The van der Waals surface area contributed by atoms with Gasteiger partial charge in [0.1, 0.15) is 23.0 Å². The predicted molar refractivity (Wildman–Crippen MR) is 190 cm³/mol. The monoisotopic (exact) mass is 672 g/mol. The van der Waals surface area contributed by atoms with Gasteiger partial charge in [-0.15, -0.1) is 0 Å². The third-order valence-electron chi connectivity index (χ3n) is 8.63. The Balaban J connectivity index is 0.000000182. The molecule has 0 spiro atoms. The summed E-state index contributed by atoms with van der Waals surface area (Å²) in [6.07, 6.45) is 3.90. The van der Waals surface area contributed by atoms with Crippen molar-refractivity contribution < 1.29 is 22.4 Å². The maximum atomic E-state index is 13.4. The predicted octanol–water partition coefficient (Wildman–Crippen LogP) is 8.63. The van der Waals surface area contributed by atoms with E-state index in [1.54, 1.807) is 17.5 Å². The van der Waals surface area contributed by atoms with Gasteiger partial charge in [0.05, 0.1) is 6.54 Å². The fourth-order valence-electron chi connectivity index (χ4n) is 5.57. The number of furan rings is 1. The second kappa shape index (κ2) is 15.6. The van der Waals surface area contributed by atoms with Crippen molar-refractivity contribution in [2.75, 3.05) is 25.9 Å². The Morgan fingerprint density at radius 1 is 1.00 bits per heavy atom. The molecule has 5 aromatic rings. The molecule has 0 radical (unpaired) electrons. The molecular weight excluding hydrogens is 634 g/mol. The summed E-state index contributed by atoms with van der Waals surface area (Å²) in [4.78, 5) is 16.6.